The van der Waals surface area contributed by atoms with Crippen LogP contribution in [0.1, 0.15) is 96.8 Å². The highest BCUT2D eigenvalue weighted by molar-refractivity contribution is 5.80. The standard InChI is InChI=1S/C49H102N11O5/c1-15-16-17-18-19-20-21-22-23-24-25-26-27-28-29-51-47(63)42-60(14,44-49(65)54-32-35-57(9,10)11)39-37-58(12,41-46(62)52-30-33-55(3,4)5)36-38-59(13,40-45(61)50-2)43-48(64)53-31-34-56(6,7)8/h15-44H2,1-14H3/q+1/p+5. The van der Waals surface area contributed by atoms with E-state index in [1.807, 2.05) is 21.1 Å². The summed E-state index contributed by atoms with van der Waals surface area (Å²) >= 11 is 0. The molecule has 3 unspecified atom stereocenters. The predicted octanol–water partition coefficient (Wildman–Crippen LogP) is 2.14. The van der Waals surface area contributed by atoms with Crippen molar-refractivity contribution in [1.82, 2.24) is 26.6 Å². The normalized spacial score (nSPS) is 15.0. The lowest BCUT2D eigenvalue weighted by Gasteiger charge is -2.41. The number of unbranched alkanes of at least 4 members (excludes halogenated alkanes) is 13. The van der Waals surface area contributed by atoms with E-state index in [-0.39, 0.29) is 71.2 Å². The summed E-state index contributed by atoms with van der Waals surface area (Å²) in [5.74, 6) is -0.575. The number of carbonyl (C=O) groups is 5. The van der Waals surface area contributed by atoms with Crippen LogP contribution >= 0.6 is 0 Å². The highest BCUT2D eigenvalue weighted by Gasteiger charge is 2.38. The molecule has 0 aromatic heterocycles. The van der Waals surface area contributed by atoms with Gasteiger partial charge in [-0.1, -0.05) is 90.4 Å². The highest BCUT2D eigenvalue weighted by Crippen LogP contribution is 2.14. The molecule has 0 radical (unpaired) electrons. The van der Waals surface area contributed by atoms with Crippen molar-refractivity contribution >= 4 is 29.5 Å². The molecule has 0 aliphatic rings. The summed E-state index contributed by atoms with van der Waals surface area (Å²) in [6.07, 6.45) is 17.9. The first kappa shape index (κ1) is 62.1. The second-order valence-corrected chi connectivity index (χ2v) is 23.3. The van der Waals surface area contributed by atoms with E-state index < -0.39 is 0 Å². The Labute approximate surface area is 399 Å². The molecule has 0 saturated carbocycles. The Morgan fingerprint density at radius 1 is 0.308 bits per heavy atom. The molecule has 16 nitrogen and oxygen atoms in total. The zero-order chi connectivity index (χ0) is 49.6. The van der Waals surface area contributed by atoms with E-state index in [1.54, 1.807) is 7.05 Å². The average Bonchev–Trinajstić information content (AvgIpc) is 3.16. The second kappa shape index (κ2) is 32.0. The van der Waals surface area contributed by atoms with Gasteiger partial charge < -0.3 is 53.5 Å². The molecule has 0 aliphatic carbocycles. The molecule has 65 heavy (non-hydrogen) atoms. The quantitative estimate of drug-likeness (QED) is 0.0473. The van der Waals surface area contributed by atoms with Gasteiger partial charge in [0.05, 0.1) is 124 Å². The Morgan fingerprint density at radius 2 is 0.554 bits per heavy atom. The summed E-state index contributed by atoms with van der Waals surface area (Å²) in [6.45, 7) is 9.31. The van der Waals surface area contributed by atoms with Crippen LogP contribution in [0.2, 0.25) is 0 Å². The topological polar surface area (TPSA) is 146 Å². The lowest BCUT2D eigenvalue weighted by molar-refractivity contribution is -0.975. The molecule has 0 aliphatic heterocycles. The fraction of sp³-hybridized carbons (Fsp3) is 0.898. The van der Waals surface area contributed by atoms with Crippen molar-refractivity contribution in [2.75, 3.05) is 196 Å². The van der Waals surface area contributed by atoms with E-state index in [4.69, 9.17) is 0 Å². The summed E-state index contributed by atoms with van der Waals surface area (Å²) in [4.78, 5) is 67.0. The molecule has 5 amide bonds. The molecule has 16 heteroatoms. The van der Waals surface area contributed by atoms with E-state index in [0.29, 0.717) is 65.8 Å². The van der Waals surface area contributed by atoms with E-state index in [1.165, 1.54) is 77.0 Å². The van der Waals surface area contributed by atoms with Crippen LogP contribution < -0.4 is 26.6 Å². The first-order chi connectivity index (χ1) is 30.1. The van der Waals surface area contributed by atoms with E-state index in [9.17, 15) is 24.0 Å². The minimum atomic E-state index is -0.167. The fourth-order valence-electron chi connectivity index (χ4n) is 7.84. The molecule has 0 aromatic carbocycles. The summed E-state index contributed by atoms with van der Waals surface area (Å²) < 4.78 is 2.79. The van der Waals surface area contributed by atoms with Crippen molar-refractivity contribution in [3.05, 3.63) is 0 Å². The van der Waals surface area contributed by atoms with Gasteiger partial charge in [-0.15, -0.1) is 0 Å². The van der Waals surface area contributed by atoms with Gasteiger partial charge in [-0.2, -0.15) is 0 Å². The molecular formula is C49H107N11O5+6. The van der Waals surface area contributed by atoms with Crippen LogP contribution in [-0.4, -0.2) is 253 Å². The van der Waals surface area contributed by atoms with Gasteiger partial charge in [-0.25, -0.2) is 0 Å². The van der Waals surface area contributed by atoms with E-state index >= 15 is 0 Å². The Kier molecular flexibility index (Phi) is 30.5. The van der Waals surface area contributed by atoms with Crippen molar-refractivity contribution < 1.29 is 50.9 Å². The molecule has 5 N–H and O–H groups in total. The predicted molar refractivity (Wildman–Crippen MR) is 267 cm³/mol. The smallest absolute Gasteiger partial charge is 0.275 e. The fourth-order valence-corrected chi connectivity index (χ4v) is 7.84. The number of hydrogen-bond acceptors (Lipinski definition) is 5. The third-order valence-electron chi connectivity index (χ3n) is 12.4. The van der Waals surface area contributed by atoms with Crippen LogP contribution in [0.15, 0.2) is 0 Å². The van der Waals surface area contributed by atoms with Crippen LogP contribution in [0.5, 0.6) is 0 Å². The van der Waals surface area contributed by atoms with Gasteiger partial charge in [0.25, 0.3) is 29.5 Å². The molecule has 0 bridgehead atoms. The number of carbonyl (C=O) groups excluding carboxylic acids is 5. The Hall–Kier alpha value is -2.89. The van der Waals surface area contributed by atoms with Crippen molar-refractivity contribution in [2.45, 2.75) is 96.8 Å². The third kappa shape index (κ3) is 36.9. The summed E-state index contributed by atoms with van der Waals surface area (Å²) in [5, 5.41) is 15.1. The highest BCUT2D eigenvalue weighted by atomic mass is 16.2. The van der Waals surface area contributed by atoms with Gasteiger partial charge in [-0.05, 0) is 6.42 Å². The van der Waals surface area contributed by atoms with Gasteiger partial charge in [-0.3, -0.25) is 24.0 Å². The minimum absolute atomic E-state index is 0.0836. The maximum atomic E-state index is 13.7. The Morgan fingerprint density at radius 3 is 0.846 bits per heavy atom. The Bertz CT molecular complexity index is 1360. The van der Waals surface area contributed by atoms with Crippen molar-refractivity contribution in [3.63, 3.8) is 0 Å². The van der Waals surface area contributed by atoms with Crippen molar-refractivity contribution in [3.8, 4) is 0 Å². The molecule has 0 saturated heterocycles. The lowest BCUT2D eigenvalue weighted by Crippen LogP contribution is -2.64. The molecule has 0 rings (SSSR count). The zero-order valence-corrected chi connectivity index (χ0v) is 44.9. The van der Waals surface area contributed by atoms with Crippen LogP contribution in [0.3, 0.4) is 0 Å². The van der Waals surface area contributed by atoms with Crippen LogP contribution in [-0.2, 0) is 24.0 Å². The number of amides is 5. The van der Waals surface area contributed by atoms with Gasteiger partial charge in [0.2, 0.25) is 0 Å². The molecule has 0 aromatic rings. The van der Waals surface area contributed by atoms with Gasteiger partial charge in [0.1, 0.15) is 26.2 Å². The molecule has 0 heterocycles. The van der Waals surface area contributed by atoms with Crippen molar-refractivity contribution in [1.29, 1.82) is 0 Å². The summed E-state index contributed by atoms with van der Waals surface area (Å²) in [6, 6.07) is 0. The molecule has 0 fully saturated rings. The van der Waals surface area contributed by atoms with Gasteiger partial charge in [0, 0.05) is 13.6 Å². The number of nitrogens with zero attached hydrogens (tertiary/aromatic N) is 6. The largest absolute Gasteiger partial charge is 0.354 e. The molecular weight excluding hydrogens is 823 g/mol. The number of nitrogens with one attached hydrogen (secondary N) is 5. The molecule has 382 valence electrons. The van der Waals surface area contributed by atoms with Gasteiger partial charge in [0.15, 0.2) is 32.7 Å². The number of rotatable bonds is 40. The monoisotopic (exact) mass is 930 g/mol. The number of likely N-dealkylation sites (N-methyl/N-ethyl adjacent to an activating group) is 7. The maximum Gasteiger partial charge on any atom is 0.275 e. The first-order valence-electron chi connectivity index (χ1n) is 25.3. The minimum Gasteiger partial charge on any atom is -0.354 e. The Balaban J connectivity index is 5.96. The summed E-state index contributed by atoms with van der Waals surface area (Å²) in [5.41, 5.74) is 0. The second-order valence-electron chi connectivity index (χ2n) is 23.3. The maximum absolute atomic E-state index is 13.7. The number of quaternary nitrogens is 6. The molecule has 0 spiro atoms. The van der Waals surface area contributed by atoms with E-state index in [0.717, 1.165) is 37.0 Å². The zero-order valence-electron chi connectivity index (χ0n) is 44.9. The molecule has 3 atom stereocenters. The average molecular weight is 930 g/mol. The van der Waals surface area contributed by atoms with Crippen LogP contribution in [0.4, 0.5) is 0 Å². The summed E-state index contributed by atoms with van der Waals surface area (Å²) in [7, 11) is 26.3. The van der Waals surface area contributed by atoms with Crippen molar-refractivity contribution in [2.24, 2.45) is 0 Å². The first-order valence-corrected chi connectivity index (χ1v) is 25.3. The SMILES string of the molecule is CCCCCCCCCCCCCCCCNC(=O)C[N+](C)(CC[N+](C)(CC[N+](C)(CC(=O)NC)CC(=O)NCC[N+](C)(C)C)CC(=O)NCC[N+](C)(C)C)CC(=O)NCC[N+](C)(C)C. The van der Waals surface area contributed by atoms with Crippen LogP contribution in [0.25, 0.3) is 0 Å². The lowest BCUT2D eigenvalue weighted by atomic mass is 10.0. The van der Waals surface area contributed by atoms with E-state index in [2.05, 4.69) is 96.9 Å². The van der Waals surface area contributed by atoms with Gasteiger partial charge >= 0.3 is 0 Å². The number of hydrogen-bond donors (Lipinski definition) is 5. The third-order valence-corrected chi connectivity index (χ3v) is 12.4. The van der Waals surface area contributed by atoms with Crippen LogP contribution in [0, 0.1) is 0 Å².